The summed E-state index contributed by atoms with van der Waals surface area (Å²) in [5.74, 6) is -5.56. The highest BCUT2D eigenvalue weighted by molar-refractivity contribution is 5.98. The molecule has 8 heteroatoms. The molecule has 0 radical (unpaired) electrons. The second kappa shape index (κ2) is 12.9. The maximum atomic E-state index is 12.6. The number of carbonyl (C=O) groups is 2. The van der Waals surface area contributed by atoms with E-state index in [4.69, 9.17) is 18.9 Å². The third kappa shape index (κ3) is 6.75. The van der Waals surface area contributed by atoms with E-state index in [9.17, 15) is 19.8 Å². The highest BCUT2D eigenvalue weighted by Gasteiger charge is 2.42. The highest BCUT2D eigenvalue weighted by Crippen LogP contribution is 2.40. The van der Waals surface area contributed by atoms with Gasteiger partial charge < -0.3 is 29.2 Å². The summed E-state index contributed by atoms with van der Waals surface area (Å²) in [4.78, 5) is 24.7. The SMILES string of the molecule is CCCCOC(C)(OCC)c1ccc(C(=O)O)c(C(C)(OCC)OCCCC)c1C(=O)O. The smallest absolute Gasteiger partial charge is 0.336 e. The van der Waals surface area contributed by atoms with Crippen LogP contribution >= 0.6 is 0 Å². The second-order valence-electron chi connectivity index (χ2n) is 7.68. The fourth-order valence-electron chi connectivity index (χ4n) is 3.61. The van der Waals surface area contributed by atoms with Crippen molar-refractivity contribution in [2.45, 2.75) is 78.8 Å². The molecule has 2 unspecified atom stereocenters. The van der Waals surface area contributed by atoms with Gasteiger partial charge in [-0.1, -0.05) is 32.8 Å². The molecule has 0 amide bonds. The molecular weight excluding hydrogens is 416 g/mol. The van der Waals surface area contributed by atoms with Crippen LogP contribution in [-0.4, -0.2) is 48.6 Å². The Morgan fingerprint density at radius 1 is 0.781 bits per heavy atom. The van der Waals surface area contributed by atoms with Gasteiger partial charge in [0.25, 0.3) is 0 Å². The van der Waals surface area contributed by atoms with E-state index in [1.807, 2.05) is 13.8 Å². The molecule has 0 aliphatic heterocycles. The van der Waals surface area contributed by atoms with Crippen molar-refractivity contribution in [3.8, 4) is 0 Å². The first kappa shape index (κ1) is 28.0. The van der Waals surface area contributed by atoms with Gasteiger partial charge in [-0.15, -0.1) is 0 Å². The van der Waals surface area contributed by atoms with E-state index < -0.39 is 23.5 Å². The molecule has 0 saturated heterocycles. The minimum Gasteiger partial charge on any atom is -0.478 e. The third-order valence-corrected chi connectivity index (χ3v) is 5.18. The molecule has 0 aliphatic rings. The van der Waals surface area contributed by atoms with Crippen molar-refractivity contribution in [2.75, 3.05) is 26.4 Å². The fraction of sp³-hybridized carbons (Fsp3) is 0.667. The predicted octanol–water partition coefficient (Wildman–Crippen LogP) is 5.13. The molecule has 0 bridgehead atoms. The van der Waals surface area contributed by atoms with E-state index in [0.29, 0.717) is 13.0 Å². The summed E-state index contributed by atoms with van der Waals surface area (Å²) in [6.07, 6.45) is 3.23. The molecule has 0 fully saturated rings. The molecule has 8 nitrogen and oxygen atoms in total. The van der Waals surface area contributed by atoms with E-state index >= 15 is 0 Å². The number of unbranched alkanes of at least 4 members (excludes halogenated alkanes) is 2. The van der Waals surface area contributed by atoms with Gasteiger partial charge >= 0.3 is 11.9 Å². The van der Waals surface area contributed by atoms with Gasteiger partial charge in [-0.05, 0) is 46.6 Å². The largest absolute Gasteiger partial charge is 0.478 e. The van der Waals surface area contributed by atoms with Gasteiger partial charge in [0, 0.05) is 24.3 Å². The Morgan fingerprint density at radius 2 is 1.28 bits per heavy atom. The predicted molar refractivity (Wildman–Crippen MR) is 120 cm³/mol. The van der Waals surface area contributed by atoms with Crippen LogP contribution in [0.3, 0.4) is 0 Å². The van der Waals surface area contributed by atoms with E-state index in [1.54, 1.807) is 27.7 Å². The first-order valence-corrected chi connectivity index (χ1v) is 11.3. The zero-order valence-corrected chi connectivity index (χ0v) is 20.2. The quantitative estimate of drug-likeness (QED) is 0.261. The second-order valence-corrected chi connectivity index (χ2v) is 7.68. The van der Waals surface area contributed by atoms with Crippen LogP contribution in [0.2, 0.25) is 0 Å². The van der Waals surface area contributed by atoms with Crippen molar-refractivity contribution < 1.29 is 38.7 Å². The van der Waals surface area contributed by atoms with Gasteiger partial charge in [0.2, 0.25) is 0 Å². The molecule has 2 N–H and O–H groups in total. The zero-order chi connectivity index (χ0) is 24.4. The fourth-order valence-corrected chi connectivity index (χ4v) is 3.61. The van der Waals surface area contributed by atoms with Crippen LogP contribution in [-0.2, 0) is 30.5 Å². The summed E-state index contributed by atoms with van der Waals surface area (Å²) < 4.78 is 23.7. The minimum atomic E-state index is -1.59. The average Bonchev–Trinajstić information content (AvgIpc) is 2.73. The number of rotatable bonds is 16. The van der Waals surface area contributed by atoms with Crippen LogP contribution in [0.15, 0.2) is 12.1 Å². The zero-order valence-electron chi connectivity index (χ0n) is 20.2. The maximum Gasteiger partial charge on any atom is 0.336 e. The Hall–Kier alpha value is -2.00. The summed E-state index contributed by atoms with van der Waals surface area (Å²) in [6.45, 7) is 11.8. The van der Waals surface area contributed by atoms with Crippen LogP contribution in [0.25, 0.3) is 0 Å². The standard InChI is InChI=1S/C24H38O8/c1-7-11-15-31-23(5,29-9-3)18-14-13-17(21(25)26)20(19(18)22(27)28)24(6,30-10-4)32-16-12-8-2/h13-14H,7-12,15-16H2,1-6H3,(H,25,26)(H,27,28). The molecule has 182 valence electrons. The van der Waals surface area contributed by atoms with E-state index in [2.05, 4.69) is 0 Å². The molecule has 0 heterocycles. The topological polar surface area (TPSA) is 112 Å². The molecule has 0 spiro atoms. The Labute approximate surface area is 190 Å². The normalized spacial score (nSPS) is 15.2. The van der Waals surface area contributed by atoms with Gasteiger partial charge in [-0.25, -0.2) is 9.59 Å². The Bertz CT molecular complexity index is 763. The first-order chi connectivity index (χ1) is 15.1. The number of carboxylic acid groups (broad SMARTS) is 2. The summed E-state index contributed by atoms with van der Waals surface area (Å²) in [5.41, 5.74) is -0.290. The lowest BCUT2D eigenvalue weighted by molar-refractivity contribution is -0.237. The van der Waals surface area contributed by atoms with E-state index in [1.165, 1.54) is 12.1 Å². The number of hydrogen-bond acceptors (Lipinski definition) is 6. The molecular formula is C24H38O8. The summed E-state index contributed by atoms with van der Waals surface area (Å²) in [7, 11) is 0. The number of hydrogen-bond donors (Lipinski definition) is 2. The van der Waals surface area contributed by atoms with Crippen molar-refractivity contribution in [1.29, 1.82) is 0 Å². The lowest BCUT2D eigenvalue weighted by atomic mass is 9.87. The van der Waals surface area contributed by atoms with Crippen LogP contribution in [0, 0.1) is 0 Å². The van der Waals surface area contributed by atoms with Gasteiger partial charge in [0.1, 0.15) is 0 Å². The van der Waals surface area contributed by atoms with Gasteiger partial charge in [-0.2, -0.15) is 0 Å². The first-order valence-electron chi connectivity index (χ1n) is 11.3. The van der Waals surface area contributed by atoms with Crippen molar-refractivity contribution in [2.24, 2.45) is 0 Å². The summed E-state index contributed by atoms with van der Waals surface area (Å²) in [6, 6.07) is 2.80. The molecule has 1 rings (SSSR count). The molecule has 1 aromatic carbocycles. The lowest BCUT2D eigenvalue weighted by Crippen LogP contribution is -2.38. The van der Waals surface area contributed by atoms with Crippen molar-refractivity contribution in [3.63, 3.8) is 0 Å². The van der Waals surface area contributed by atoms with Crippen LogP contribution < -0.4 is 0 Å². The molecule has 32 heavy (non-hydrogen) atoms. The van der Waals surface area contributed by atoms with Crippen molar-refractivity contribution in [3.05, 3.63) is 34.4 Å². The number of ether oxygens (including phenoxy) is 4. The lowest BCUT2D eigenvalue weighted by Gasteiger charge is -2.36. The minimum absolute atomic E-state index is 0.0574. The molecule has 2 atom stereocenters. The van der Waals surface area contributed by atoms with Crippen LogP contribution in [0.4, 0.5) is 0 Å². The van der Waals surface area contributed by atoms with Crippen molar-refractivity contribution in [1.82, 2.24) is 0 Å². The Morgan fingerprint density at radius 3 is 1.72 bits per heavy atom. The summed E-state index contributed by atoms with van der Waals surface area (Å²) in [5, 5.41) is 20.1. The van der Waals surface area contributed by atoms with E-state index in [0.717, 1.165) is 19.3 Å². The Balaban J connectivity index is 3.86. The third-order valence-electron chi connectivity index (χ3n) is 5.18. The van der Waals surface area contributed by atoms with Crippen LogP contribution in [0.1, 0.15) is 99.1 Å². The van der Waals surface area contributed by atoms with Gasteiger partial charge in [0.15, 0.2) is 11.6 Å². The summed E-state index contributed by atoms with van der Waals surface area (Å²) >= 11 is 0. The van der Waals surface area contributed by atoms with Crippen LogP contribution in [0.5, 0.6) is 0 Å². The van der Waals surface area contributed by atoms with Crippen molar-refractivity contribution >= 4 is 11.9 Å². The Kier molecular flexibility index (Phi) is 11.3. The molecule has 0 aromatic heterocycles. The molecule has 0 saturated carbocycles. The maximum absolute atomic E-state index is 12.6. The van der Waals surface area contributed by atoms with E-state index in [-0.39, 0.29) is 42.1 Å². The number of carboxylic acids is 2. The monoisotopic (exact) mass is 454 g/mol. The van der Waals surface area contributed by atoms with Gasteiger partial charge in [0.05, 0.1) is 24.3 Å². The number of benzene rings is 1. The average molecular weight is 455 g/mol. The van der Waals surface area contributed by atoms with Gasteiger partial charge in [-0.3, -0.25) is 0 Å². The molecule has 1 aromatic rings. The molecule has 0 aliphatic carbocycles. The number of aromatic carboxylic acids is 2. The highest BCUT2D eigenvalue weighted by atomic mass is 16.7.